The van der Waals surface area contributed by atoms with Crippen molar-refractivity contribution in [1.82, 2.24) is 4.90 Å². The largest absolute Gasteiger partial charge is 0.494 e. The van der Waals surface area contributed by atoms with Crippen molar-refractivity contribution in [3.05, 3.63) is 29.8 Å². The molecule has 0 amide bonds. The maximum atomic E-state index is 6.31. The summed E-state index contributed by atoms with van der Waals surface area (Å²) in [6.07, 6.45) is 3.22. The van der Waals surface area contributed by atoms with Gasteiger partial charge in [-0.1, -0.05) is 12.1 Å². The third-order valence-electron chi connectivity index (χ3n) is 5.58. The molecule has 0 radical (unpaired) electrons. The summed E-state index contributed by atoms with van der Waals surface area (Å²) in [4.78, 5) is 2.44. The van der Waals surface area contributed by atoms with Crippen LogP contribution < -0.4 is 10.5 Å². The molecule has 2 fully saturated rings. The van der Waals surface area contributed by atoms with E-state index >= 15 is 0 Å². The molecular formula is C21H34N2O3. The summed E-state index contributed by atoms with van der Waals surface area (Å²) in [6, 6.07) is 8.39. The van der Waals surface area contributed by atoms with Crippen LogP contribution in [0.15, 0.2) is 24.3 Å². The second-order valence-corrected chi connectivity index (χ2v) is 8.13. The molecule has 26 heavy (non-hydrogen) atoms. The van der Waals surface area contributed by atoms with Crippen LogP contribution in [0, 0.1) is 5.92 Å². The molecule has 1 aromatic carbocycles. The predicted molar refractivity (Wildman–Crippen MR) is 103 cm³/mol. The summed E-state index contributed by atoms with van der Waals surface area (Å²) in [7, 11) is 0. The molecule has 0 spiro atoms. The maximum absolute atomic E-state index is 6.31. The molecular weight excluding hydrogens is 328 g/mol. The van der Waals surface area contributed by atoms with Crippen molar-refractivity contribution >= 4 is 0 Å². The van der Waals surface area contributed by atoms with Gasteiger partial charge in [0.1, 0.15) is 5.75 Å². The van der Waals surface area contributed by atoms with Crippen molar-refractivity contribution < 1.29 is 14.2 Å². The van der Waals surface area contributed by atoms with Gasteiger partial charge in [0.15, 0.2) is 0 Å². The third kappa shape index (κ3) is 5.68. The molecule has 2 aliphatic rings. The van der Waals surface area contributed by atoms with Crippen LogP contribution in [0.25, 0.3) is 0 Å². The van der Waals surface area contributed by atoms with Crippen LogP contribution in [0.3, 0.4) is 0 Å². The molecule has 146 valence electrons. The Morgan fingerprint density at radius 2 is 1.88 bits per heavy atom. The zero-order chi connectivity index (χ0) is 18.4. The number of morpholine rings is 1. The smallest absolute Gasteiger partial charge is 0.119 e. The monoisotopic (exact) mass is 362 g/mol. The molecule has 3 rings (SSSR count). The maximum Gasteiger partial charge on any atom is 0.119 e. The Kier molecular flexibility index (Phi) is 6.92. The molecule has 2 unspecified atom stereocenters. The first-order valence-electron chi connectivity index (χ1n) is 9.96. The molecule has 2 saturated heterocycles. The van der Waals surface area contributed by atoms with E-state index in [1.54, 1.807) is 0 Å². The average molecular weight is 363 g/mol. The fraction of sp³-hybridized carbons (Fsp3) is 0.714. The zero-order valence-corrected chi connectivity index (χ0v) is 16.3. The lowest BCUT2D eigenvalue weighted by Gasteiger charge is -2.37. The second kappa shape index (κ2) is 9.18. The van der Waals surface area contributed by atoms with E-state index in [0.29, 0.717) is 5.92 Å². The Bertz CT molecular complexity index is 535. The standard InChI is InChI=1S/C21H34N2O3/c1-21(2,22)18-8-13-26-20(16-18)17-4-6-19(7-5-17)25-12-3-9-23-10-14-24-15-11-23/h4-7,18,20H,3,8-16,22H2,1-2H3. The summed E-state index contributed by atoms with van der Waals surface area (Å²) >= 11 is 0. The number of hydrogen-bond donors (Lipinski definition) is 1. The molecule has 0 aromatic heterocycles. The van der Waals surface area contributed by atoms with E-state index < -0.39 is 0 Å². The van der Waals surface area contributed by atoms with E-state index in [4.69, 9.17) is 19.9 Å². The van der Waals surface area contributed by atoms with Crippen molar-refractivity contribution in [1.29, 1.82) is 0 Å². The highest BCUT2D eigenvalue weighted by atomic mass is 16.5. The zero-order valence-electron chi connectivity index (χ0n) is 16.3. The first-order valence-corrected chi connectivity index (χ1v) is 9.96. The molecule has 0 bridgehead atoms. The van der Waals surface area contributed by atoms with E-state index in [-0.39, 0.29) is 11.6 Å². The minimum atomic E-state index is -0.147. The topological polar surface area (TPSA) is 57.0 Å². The number of hydrogen-bond acceptors (Lipinski definition) is 5. The summed E-state index contributed by atoms with van der Waals surface area (Å²) in [5, 5.41) is 0. The Labute approximate surface area is 157 Å². The molecule has 5 heteroatoms. The van der Waals surface area contributed by atoms with Crippen LogP contribution in [-0.4, -0.2) is 56.5 Å². The molecule has 2 N–H and O–H groups in total. The van der Waals surface area contributed by atoms with Crippen LogP contribution >= 0.6 is 0 Å². The van der Waals surface area contributed by atoms with Gasteiger partial charge in [-0.15, -0.1) is 0 Å². The highest BCUT2D eigenvalue weighted by Gasteiger charge is 2.32. The van der Waals surface area contributed by atoms with Crippen molar-refractivity contribution in [2.45, 2.75) is 44.8 Å². The lowest BCUT2D eigenvalue weighted by atomic mass is 9.79. The number of nitrogens with zero attached hydrogens (tertiary/aromatic N) is 1. The minimum Gasteiger partial charge on any atom is -0.494 e. The van der Waals surface area contributed by atoms with Gasteiger partial charge in [0.2, 0.25) is 0 Å². The van der Waals surface area contributed by atoms with Gasteiger partial charge in [-0.3, -0.25) is 4.90 Å². The molecule has 2 aliphatic heterocycles. The van der Waals surface area contributed by atoms with Gasteiger partial charge in [-0.25, -0.2) is 0 Å². The van der Waals surface area contributed by atoms with Gasteiger partial charge < -0.3 is 19.9 Å². The molecule has 1 aromatic rings. The number of benzene rings is 1. The first kappa shape index (κ1) is 19.6. The van der Waals surface area contributed by atoms with Gasteiger partial charge in [0.05, 0.1) is 25.9 Å². The minimum absolute atomic E-state index is 0.145. The van der Waals surface area contributed by atoms with Gasteiger partial charge >= 0.3 is 0 Å². The van der Waals surface area contributed by atoms with Gasteiger partial charge in [0, 0.05) is 31.8 Å². The first-order chi connectivity index (χ1) is 12.5. The fourth-order valence-corrected chi connectivity index (χ4v) is 3.79. The van der Waals surface area contributed by atoms with Crippen LogP contribution in [0.5, 0.6) is 5.75 Å². The Hall–Kier alpha value is -1.14. The summed E-state index contributed by atoms with van der Waals surface area (Å²) in [5.74, 6) is 1.43. The Morgan fingerprint density at radius 1 is 1.15 bits per heavy atom. The molecule has 0 saturated carbocycles. The highest BCUT2D eigenvalue weighted by molar-refractivity contribution is 5.29. The van der Waals surface area contributed by atoms with Crippen LogP contribution in [0.2, 0.25) is 0 Å². The van der Waals surface area contributed by atoms with Gasteiger partial charge in [-0.2, -0.15) is 0 Å². The summed E-state index contributed by atoms with van der Waals surface area (Å²) in [6.45, 7) is 10.6. The Morgan fingerprint density at radius 3 is 2.58 bits per heavy atom. The van der Waals surface area contributed by atoms with E-state index in [2.05, 4.69) is 43.0 Å². The number of ether oxygens (including phenoxy) is 3. The van der Waals surface area contributed by atoms with E-state index in [1.807, 2.05) is 0 Å². The van der Waals surface area contributed by atoms with Crippen molar-refractivity contribution in [3.8, 4) is 5.75 Å². The normalized spacial score (nSPS) is 25.2. The lowest BCUT2D eigenvalue weighted by Crippen LogP contribution is -2.44. The molecule has 2 atom stereocenters. The highest BCUT2D eigenvalue weighted by Crippen LogP contribution is 2.36. The van der Waals surface area contributed by atoms with Crippen LogP contribution in [0.1, 0.15) is 44.8 Å². The van der Waals surface area contributed by atoms with Crippen molar-refractivity contribution in [2.24, 2.45) is 11.7 Å². The van der Waals surface area contributed by atoms with Gasteiger partial charge in [0.25, 0.3) is 0 Å². The average Bonchev–Trinajstić information content (AvgIpc) is 2.66. The molecule has 2 heterocycles. The molecule has 0 aliphatic carbocycles. The second-order valence-electron chi connectivity index (χ2n) is 8.13. The SMILES string of the molecule is CC(C)(N)C1CCOC(c2ccc(OCCCN3CCOCC3)cc2)C1. The van der Waals surface area contributed by atoms with E-state index in [9.17, 15) is 0 Å². The van der Waals surface area contributed by atoms with Crippen molar-refractivity contribution in [2.75, 3.05) is 46.1 Å². The quantitative estimate of drug-likeness (QED) is 0.756. The molecule has 5 nitrogen and oxygen atoms in total. The van der Waals surface area contributed by atoms with E-state index in [0.717, 1.165) is 71.1 Å². The number of nitrogens with two attached hydrogens (primary N) is 1. The van der Waals surface area contributed by atoms with Crippen LogP contribution in [0.4, 0.5) is 0 Å². The third-order valence-corrected chi connectivity index (χ3v) is 5.58. The fourth-order valence-electron chi connectivity index (χ4n) is 3.79. The summed E-state index contributed by atoms with van der Waals surface area (Å²) in [5.41, 5.74) is 7.39. The van der Waals surface area contributed by atoms with E-state index in [1.165, 1.54) is 5.56 Å². The summed E-state index contributed by atoms with van der Waals surface area (Å²) < 4.78 is 17.3. The van der Waals surface area contributed by atoms with Crippen molar-refractivity contribution in [3.63, 3.8) is 0 Å². The van der Waals surface area contributed by atoms with Crippen LogP contribution in [-0.2, 0) is 9.47 Å². The van der Waals surface area contributed by atoms with Gasteiger partial charge in [-0.05, 0) is 56.7 Å². The number of rotatable bonds is 7. The lowest BCUT2D eigenvalue weighted by molar-refractivity contribution is -0.0249. The predicted octanol–water partition coefficient (Wildman–Crippen LogP) is 2.99. The Balaban J connectivity index is 1.43.